The Morgan fingerprint density at radius 2 is 2.29 bits per heavy atom. The third kappa shape index (κ3) is 4.63. The number of sulfonamides is 1. The fourth-order valence-corrected chi connectivity index (χ4v) is 3.95. The molecule has 0 aliphatic rings. The van der Waals surface area contributed by atoms with Gasteiger partial charge in [0.15, 0.2) is 0 Å². The highest BCUT2D eigenvalue weighted by molar-refractivity contribution is 9.10. The number of carboxylic acids is 1. The van der Waals surface area contributed by atoms with Gasteiger partial charge in [-0.3, -0.25) is 9.48 Å². The lowest BCUT2D eigenvalue weighted by atomic mass is 10.4. The number of nitrogens with zero attached hydrogens (tertiary/aromatic N) is 2. The van der Waals surface area contributed by atoms with Crippen LogP contribution in [-0.4, -0.2) is 29.3 Å². The van der Waals surface area contributed by atoms with Crippen LogP contribution in [0.2, 0.25) is 0 Å². The van der Waals surface area contributed by atoms with Crippen LogP contribution in [0.5, 0.6) is 0 Å². The highest BCUT2D eigenvalue weighted by atomic mass is 79.9. The molecule has 2 aromatic heterocycles. The normalized spacial score (nSPS) is 11.7. The van der Waals surface area contributed by atoms with E-state index >= 15 is 0 Å². The van der Waals surface area contributed by atoms with Gasteiger partial charge in [-0.05, 0) is 22.0 Å². The Balaban J connectivity index is 2.00. The number of aromatic nitrogens is 2. The molecule has 2 N–H and O–H groups in total. The standard InChI is InChI=1S/C11H12BrN3O4S2/c12-8-3-9(20-7-8)4-14-21(18,19)10-5-13-15(6-10)2-1-11(16)17/h3,5-7,14H,1-2,4H2,(H,16,17). The maximum atomic E-state index is 12.1. The Bertz CT molecular complexity index is 738. The Morgan fingerprint density at radius 1 is 1.52 bits per heavy atom. The van der Waals surface area contributed by atoms with Crippen LogP contribution in [0.25, 0.3) is 0 Å². The third-order valence-corrected chi connectivity index (χ3v) is 5.59. The molecule has 2 aromatic rings. The van der Waals surface area contributed by atoms with E-state index in [1.165, 1.54) is 28.4 Å². The van der Waals surface area contributed by atoms with Gasteiger partial charge < -0.3 is 5.11 Å². The van der Waals surface area contributed by atoms with Crippen LogP contribution >= 0.6 is 27.3 Å². The lowest BCUT2D eigenvalue weighted by Crippen LogP contribution is -2.22. The molecule has 2 rings (SSSR count). The Hall–Kier alpha value is -1.23. The second kappa shape index (κ2) is 6.69. The molecule has 0 unspecified atom stereocenters. The number of hydrogen-bond acceptors (Lipinski definition) is 5. The first kappa shape index (κ1) is 16.1. The largest absolute Gasteiger partial charge is 0.481 e. The Kier molecular flexibility index (Phi) is 5.14. The first-order valence-corrected chi connectivity index (χ1v) is 8.99. The van der Waals surface area contributed by atoms with E-state index in [1.54, 1.807) is 0 Å². The van der Waals surface area contributed by atoms with E-state index in [0.717, 1.165) is 9.35 Å². The van der Waals surface area contributed by atoms with Crippen LogP contribution in [0.1, 0.15) is 11.3 Å². The van der Waals surface area contributed by atoms with Gasteiger partial charge in [0.1, 0.15) is 4.90 Å². The Morgan fingerprint density at radius 3 is 2.90 bits per heavy atom. The van der Waals surface area contributed by atoms with Crippen molar-refractivity contribution >= 4 is 43.3 Å². The number of aryl methyl sites for hydroxylation is 1. The van der Waals surface area contributed by atoms with Crippen molar-refractivity contribution < 1.29 is 18.3 Å². The summed E-state index contributed by atoms with van der Waals surface area (Å²) in [7, 11) is -3.66. The molecule has 0 saturated heterocycles. The van der Waals surface area contributed by atoms with Crippen molar-refractivity contribution in [2.75, 3.05) is 0 Å². The molecule has 0 aromatic carbocycles. The van der Waals surface area contributed by atoms with Gasteiger partial charge in [0.2, 0.25) is 10.0 Å². The summed E-state index contributed by atoms with van der Waals surface area (Å²) in [5.74, 6) is -0.962. The third-order valence-electron chi connectivity index (χ3n) is 2.53. The monoisotopic (exact) mass is 393 g/mol. The summed E-state index contributed by atoms with van der Waals surface area (Å²) in [4.78, 5) is 11.4. The molecule has 0 fully saturated rings. The smallest absolute Gasteiger partial charge is 0.305 e. The first-order valence-electron chi connectivity index (χ1n) is 5.83. The Labute approximate surface area is 133 Å². The first-order chi connectivity index (χ1) is 9.87. The average molecular weight is 394 g/mol. The second-order valence-electron chi connectivity index (χ2n) is 4.14. The lowest BCUT2D eigenvalue weighted by molar-refractivity contribution is -0.137. The van der Waals surface area contributed by atoms with Crippen LogP contribution in [0.4, 0.5) is 0 Å². The molecule has 0 spiro atoms. The molecule has 0 radical (unpaired) electrons. The molecular weight excluding hydrogens is 382 g/mol. The summed E-state index contributed by atoms with van der Waals surface area (Å²) in [5, 5.41) is 14.3. The second-order valence-corrected chi connectivity index (χ2v) is 7.82. The minimum atomic E-state index is -3.66. The topological polar surface area (TPSA) is 101 Å². The molecule has 0 aliphatic heterocycles. The number of nitrogens with one attached hydrogen (secondary N) is 1. The van der Waals surface area contributed by atoms with Gasteiger partial charge in [-0.1, -0.05) is 0 Å². The van der Waals surface area contributed by atoms with E-state index in [1.807, 2.05) is 11.4 Å². The summed E-state index contributed by atoms with van der Waals surface area (Å²) in [6.07, 6.45) is 2.40. The van der Waals surface area contributed by atoms with Crippen molar-refractivity contribution in [1.29, 1.82) is 0 Å². The van der Waals surface area contributed by atoms with Crippen LogP contribution < -0.4 is 4.72 Å². The maximum absolute atomic E-state index is 12.1. The molecular formula is C11H12BrN3O4S2. The number of carbonyl (C=O) groups is 1. The summed E-state index contributed by atoms with van der Waals surface area (Å²) in [6, 6.07) is 1.84. The highest BCUT2D eigenvalue weighted by Gasteiger charge is 2.16. The van der Waals surface area contributed by atoms with Gasteiger partial charge in [0, 0.05) is 27.5 Å². The number of rotatable bonds is 7. The van der Waals surface area contributed by atoms with E-state index in [2.05, 4.69) is 25.8 Å². The predicted octanol–water partition coefficient (Wildman–Crippen LogP) is 1.66. The molecule has 0 saturated carbocycles. The van der Waals surface area contributed by atoms with Crippen LogP contribution in [-0.2, 0) is 27.9 Å². The zero-order valence-corrected chi connectivity index (χ0v) is 13.9. The molecule has 7 nitrogen and oxygen atoms in total. The van der Waals surface area contributed by atoms with E-state index in [0.29, 0.717) is 0 Å². The average Bonchev–Trinajstić information content (AvgIpc) is 3.03. The molecule has 0 amide bonds. The van der Waals surface area contributed by atoms with Gasteiger partial charge in [0.05, 0.1) is 19.2 Å². The minimum Gasteiger partial charge on any atom is -0.481 e. The summed E-state index contributed by atoms with van der Waals surface area (Å²) in [5.41, 5.74) is 0. The number of carboxylic acid groups (broad SMARTS) is 1. The van der Waals surface area contributed by atoms with E-state index in [9.17, 15) is 13.2 Å². The molecule has 2 heterocycles. The number of thiophene rings is 1. The van der Waals surface area contributed by atoms with Gasteiger partial charge in [-0.25, -0.2) is 13.1 Å². The van der Waals surface area contributed by atoms with Crippen LogP contribution in [0.3, 0.4) is 0 Å². The van der Waals surface area contributed by atoms with Gasteiger partial charge in [0.25, 0.3) is 0 Å². The molecule has 0 aliphatic carbocycles. The summed E-state index contributed by atoms with van der Waals surface area (Å²) >= 11 is 4.74. The molecule has 21 heavy (non-hydrogen) atoms. The highest BCUT2D eigenvalue weighted by Crippen LogP contribution is 2.20. The van der Waals surface area contributed by atoms with Crippen molar-refractivity contribution in [3.05, 3.63) is 33.2 Å². The SMILES string of the molecule is O=C(O)CCn1cc(S(=O)(=O)NCc2cc(Br)cs2)cn1. The van der Waals surface area contributed by atoms with Crippen molar-refractivity contribution in [3.8, 4) is 0 Å². The van der Waals surface area contributed by atoms with Gasteiger partial charge in [-0.2, -0.15) is 5.10 Å². The molecule has 114 valence electrons. The summed E-state index contributed by atoms with van der Waals surface area (Å²) < 4.78 is 28.8. The number of aliphatic carboxylic acids is 1. The van der Waals surface area contributed by atoms with Gasteiger partial charge >= 0.3 is 5.97 Å². The maximum Gasteiger partial charge on any atom is 0.305 e. The molecule has 10 heteroatoms. The lowest BCUT2D eigenvalue weighted by Gasteiger charge is -2.02. The molecule has 0 atom stereocenters. The van der Waals surface area contributed by atoms with Crippen molar-refractivity contribution in [3.63, 3.8) is 0 Å². The van der Waals surface area contributed by atoms with Crippen LogP contribution in [0.15, 0.2) is 33.2 Å². The minimum absolute atomic E-state index is 0.0171. The number of halogens is 1. The fourth-order valence-electron chi connectivity index (χ4n) is 1.51. The zero-order valence-electron chi connectivity index (χ0n) is 10.7. The fraction of sp³-hybridized carbons (Fsp3) is 0.273. The summed E-state index contributed by atoms with van der Waals surface area (Å²) in [6.45, 7) is 0.321. The van der Waals surface area contributed by atoms with Crippen molar-refractivity contribution in [2.24, 2.45) is 0 Å². The van der Waals surface area contributed by atoms with Crippen LogP contribution in [0, 0.1) is 0 Å². The predicted molar refractivity (Wildman–Crippen MR) is 80.5 cm³/mol. The van der Waals surface area contributed by atoms with E-state index < -0.39 is 16.0 Å². The van der Waals surface area contributed by atoms with Crippen molar-refractivity contribution in [2.45, 2.75) is 24.4 Å². The molecule has 0 bridgehead atoms. The van der Waals surface area contributed by atoms with Gasteiger partial charge in [-0.15, -0.1) is 11.3 Å². The van der Waals surface area contributed by atoms with E-state index in [-0.39, 0.29) is 24.4 Å². The zero-order chi connectivity index (χ0) is 15.5. The van der Waals surface area contributed by atoms with Crippen molar-refractivity contribution in [1.82, 2.24) is 14.5 Å². The quantitative estimate of drug-likeness (QED) is 0.744. The number of hydrogen-bond donors (Lipinski definition) is 2. The van der Waals surface area contributed by atoms with E-state index in [4.69, 9.17) is 5.11 Å².